The number of rotatable bonds is 3. The lowest BCUT2D eigenvalue weighted by atomic mass is 9.87. The summed E-state index contributed by atoms with van der Waals surface area (Å²) in [6, 6.07) is 0.550. The van der Waals surface area contributed by atoms with E-state index in [2.05, 4.69) is 4.90 Å². The monoisotopic (exact) mass is 251 g/mol. The van der Waals surface area contributed by atoms with E-state index >= 15 is 0 Å². The molecule has 2 saturated heterocycles. The fraction of sp³-hybridized carbons (Fsp3) is 0.933. The van der Waals surface area contributed by atoms with Crippen LogP contribution in [0.4, 0.5) is 0 Å². The van der Waals surface area contributed by atoms with Crippen LogP contribution in [0.15, 0.2) is 0 Å². The van der Waals surface area contributed by atoms with Crippen molar-refractivity contribution in [3.63, 3.8) is 0 Å². The molecule has 3 rings (SSSR count). The van der Waals surface area contributed by atoms with Crippen molar-refractivity contribution in [2.75, 3.05) is 26.3 Å². The minimum atomic E-state index is 0.354. The van der Waals surface area contributed by atoms with Gasteiger partial charge >= 0.3 is 0 Å². The van der Waals surface area contributed by atoms with Crippen molar-refractivity contribution in [3.05, 3.63) is 0 Å². The number of hydrogen-bond donors (Lipinski definition) is 0. The molecule has 2 heterocycles. The van der Waals surface area contributed by atoms with Crippen LogP contribution in [0.5, 0.6) is 0 Å². The highest BCUT2D eigenvalue weighted by molar-refractivity contribution is 5.83. The predicted molar refractivity (Wildman–Crippen MR) is 70.5 cm³/mol. The van der Waals surface area contributed by atoms with Crippen LogP contribution in [0.3, 0.4) is 0 Å². The molecule has 1 saturated carbocycles. The van der Waals surface area contributed by atoms with Crippen LogP contribution in [0.1, 0.15) is 44.9 Å². The molecule has 3 atom stereocenters. The van der Waals surface area contributed by atoms with Crippen LogP contribution >= 0.6 is 0 Å². The van der Waals surface area contributed by atoms with E-state index < -0.39 is 0 Å². The number of nitrogens with zero attached hydrogens (tertiary/aromatic N) is 1. The van der Waals surface area contributed by atoms with Crippen LogP contribution in [-0.2, 0) is 9.53 Å². The van der Waals surface area contributed by atoms with Crippen molar-refractivity contribution in [1.29, 1.82) is 0 Å². The Bertz CT molecular complexity index is 299. The summed E-state index contributed by atoms with van der Waals surface area (Å²) in [5.74, 6) is 1.60. The summed E-state index contributed by atoms with van der Waals surface area (Å²) in [6.45, 7) is 4.23. The average Bonchev–Trinajstić information content (AvgIpc) is 3.02. The van der Waals surface area contributed by atoms with E-state index in [1.54, 1.807) is 0 Å². The Morgan fingerprint density at radius 1 is 1.17 bits per heavy atom. The minimum Gasteiger partial charge on any atom is -0.381 e. The maximum Gasteiger partial charge on any atom is 0.137 e. The van der Waals surface area contributed by atoms with E-state index in [1.807, 2.05) is 0 Å². The van der Waals surface area contributed by atoms with Gasteiger partial charge in [0.15, 0.2) is 0 Å². The standard InChI is InChI=1S/C15H25NO2/c17-15-6-3-4-13(15)14-5-1-2-8-16(14)10-12-7-9-18-11-12/h12-14H,1-11H2. The molecule has 0 aromatic rings. The first-order valence-electron chi connectivity index (χ1n) is 7.69. The Morgan fingerprint density at radius 3 is 2.83 bits per heavy atom. The molecule has 3 aliphatic rings. The van der Waals surface area contributed by atoms with Crippen LogP contribution in [-0.4, -0.2) is 43.0 Å². The van der Waals surface area contributed by atoms with E-state index in [0.29, 0.717) is 23.7 Å². The van der Waals surface area contributed by atoms with Gasteiger partial charge < -0.3 is 4.74 Å². The number of piperidine rings is 1. The summed E-state index contributed by atoms with van der Waals surface area (Å²) < 4.78 is 5.49. The third-order valence-electron chi connectivity index (χ3n) is 5.00. The number of carbonyl (C=O) groups is 1. The fourth-order valence-electron chi connectivity index (χ4n) is 4.01. The quantitative estimate of drug-likeness (QED) is 0.770. The summed E-state index contributed by atoms with van der Waals surface area (Å²) >= 11 is 0. The van der Waals surface area contributed by atoms with Crippen molar-refractivity contribution >= 4 is 5.78 Å². The Balaban J connectivity index is 1.63. The highest BCUT2D eigenvalue weighted by atomic mass is 16.5. The lowest BCUT2D eigenvalue weighted by Gasteiger charge is -2.39. The molecule has 0 amide bonds. The van der Waals surface area contributed by atoms with Crippen LogP contribution in [0, 0.1) is 11.8 Å². The molecule has 0 spiro atoms. The second-order valence-electron chi connectivity index (χ2n) is 6.25. The van der Waals surface area contributed by atoms with Gasteiger partial charge in [-0.15, -0.1) is 0 Å². The Kier molecular flexibility index (Phi) is 4.00. The summed E-state index contributed by atoms with van der Waals surface area (Å²) in [5, 5.41) is 0. The molecule has 102 valence electrons. The first kappa shape index (κ1) is 12.6. The van der Waals surface area contributed by atoms with Crippen molar-refractivity contribution in [1.82, 2.24) is 4.90 Å². The third kappa shape index (κ3) is 2.62. The van der Waals surface area contributed by atoms with Crippen LogP contribution in [0.25, 0.3) is 0 Å². The van der Waals surface area contributed by atoms with Gasteiger partial charge in [0.2, 0.25) is 0 Å². The maximum absolute atomic E-state index is 12.0. The first-order chi connectivity index (χ1) is 8.84. The first-order valence-corrected chi connectivity index (χ1v) is 7.69. The predicted octanol–water partition coefficient (Wildman–Crippen LogP) is 2.25. The van der Waals surface area contributed by atoms with Crippen molar-refractivity contribution in [3.8, 4) is 0 Å². The molecule has 0 N–H and O–H groups in total. The Labute approximate surface area is 110 Å². The normalized spacial score (nSPS) is 38.4. The minimum absolute atomic E-state index is 0.354. The molecule has 3 nitrogen and oxygen atoms in total. The molecule has 0 bridgehead atoms. The number of likely N-dealkylation sites (tertiary alicyclic amines) is 1. The molecule has 0 radical (unpaired) electrons. The molecule has 18 heavy (non-hydrogen) atoms. The summed E-state index contributed by atoms with van der Waals surface area (Å²) in [5.41, 5.74) is 0. The zero-order chi connectivity index (χ0) is 12.4. The summed E-state index contributed by atoms with van der Waals surface area (Å²) in [6.07, 6.45) is 8.17. The molecule has 3 fully saturated rings. The van der Waals surface area contributed by atoms with E-state index in [-0.39, 0.29) is 0 Å². The lowest BCUT2D eigenvalue weighted by molar-refractivity contribution is -0.123. The highest BCUT2D eigenvalue weighted by Gasteiger charge is 2.37. The summed E-state index contributed by atoms with van der Waals surface area (Å²) in [7, 11) is 0. The third-order valence-corrected chi connectivity index (χ3v) is 5.00. The SMILES string of the molecule is O=C1CCCC1C1CCCCN1CC1CCOC1. The van der Waals surface area contributed by atoms with Crippen molar-refractivity contribution < 1.29 is 9.53 Å². The number of ketones is 1. The second kappa shape index (κ2) is 5.70. The van der Waals surface area contributed by atoms with E-state index in [9.17, 15) is 4.79 Å². The van der Waals surface area contributed by atoms with Crippen LogP contribution < -0.4 is 0 Å². The van der Waals surface area contributed by atoms with E-state index in [1.165, 1.54) is 32.2 Å². The Hall–Kier alpha value is -0.410. The van der Waals surface area contributed by atoms with Gasteiger partial charge in [0.25, 0.3) is 0 Å². The number of ether oxygens (including phenoxy) is 1. The molecular formula is C15H25NO2. The molecule has 2 aliphatic heterocycles. The molecule has 0 aromatic carbocycles. The van der Waals surface area contributed by atoms with Gasteiger partial charge in [0.1, 0.15) is 5.78 Å². The van der Waals surface area contributed by atoms with Gasteiger partial charge in [0, 0.05) is 31.5 Å². The van der Waals surface area contributed by atoms with Crippen molar-refractivity contribution in [2.45, 2.75) is 51.0 Å². The topological polar surface area (TPSA) is 29.5 Å². The van der Waals surface area contributed by atoms with Gasteiger partial charge in [-0.05, 0) is 44.6 Å². The molecule has 3 heteroatoms. The van der Waals surface area contributed by atoms with Crippen molar-refractivity contribution in [2.24, 2.45) is 11.8 Å². The van der Waals surface area contributed by atoms with Gasteiger partial charge in [0.05, 0.1) is 6.61 Å². The molecular weight excluding hydrogens is 226 g/mol. The largest absolute Gasteiger partial charge is 0.381 e. The van der Waals surface area contributed by atoms with Gasteiger partial charge in [-0.25, -0.2) is 0 Å². The fourth-order valence-corrected chi connectivity index (χ4v) is 4.01. The molecule has 1 aliphatic carbocycles. The van der Waals surface area contributed by atoms with Gasteiger partial charge in [-0.1, -0.05) is 6.42 Å². The van der Waals surface area contributed by atoms with Gasteiger partial charge in [-0.3, -0.25) is 9.69 Å². The average molecular weight is 251 g/mol. The lowest BCUT2D eigenvalue weighted by Crippen LogP contribution is -2.47. The van der Waals surface area contributed by atoms with E-state index in [0.717, 1.165) is 39.0 Å². The number of carbonyl (C=O) groups excluding carboxylic acids is 1. The zero-order valence-corrected chi connectivity index (χ0v) is 11.3. The Morgan fingerprint density at radius 2 is 2.11 bits per heavy atom. The second-order valence-corrected chi connectivity index (χ2v) is 6.25. The smallest absolute Gasteiger partial charge is 0.137 e. The van der Waals surface area contributed by atoms with E-state index in [4.69, 9.17) is 4.74 Å². The van der Waals surface area contributed by atoms with Crippen LogP contribution in [0.2, 0.25) is 0 Å². The highest BCUT2D eigenvalue weighted by Crippen LogP contribution is 2.33. The summed E-state index contributed by atoms with van der Waals surface area (Å²) in [4.78, 5) is 14.6. The van der Waals surface area contributed by atoms with Gasteiger partial charge in [-0.2, -0.15) is 0 Å². The maximum atomic E-state index is 12.0. The molecule has 3 unspecified atom stereocenters. The number of hydrogen-bond acceptors (Lipinski definition) is 3. The zero-order valence-electron chi connectivity index (χ0n) is 11.3. The number of Topliss-reactive ketones (excluding diaryl/α,β-unsaturated/α-hetero) is 1. The molecule has 0 aromatic heterocycles.